The van der Waals surface area contributed by atoms with Crippen LogP contribution in [0.5, 0.6) is 0 Å². The van der Waals surface area contributed by atoms with Crippen molar-refractivity contribution in [3.8, 4) is 0 Å². The van der Waals surface area contributed by atoms with Gasteiger partial charge in [-0.1, -0.05) is 59.4 Å². The molecule has 2 N–H and O–H groups in total. The van der Waals surface area contributed by atoms with Gasteiger partial charge in [-0.3, -0.25) is 0 Å². The fraction of sp³-hybridized carbons (Fsp3) is 0.636. The highest BCUT2D eigenvalue weighted by atomic mass is 16.4. The number of hydrogen-bond donors (Lipinski definition) is 2. The Labute approximate surface area is 157 Å². The van der Waals surface area contributed by atoms with E-state index in [0.29, 0.717) is 18.3 Å². The average molecular weight is 363 g/mol. The first-order valence-corrected chi connectivity index (χ1v) is 10.0. The summed E-state index contributed by atoms with van der Waals surface area (Å²) in [5, 5.41) is 19.1. The van der Waals surface area contributed by atoms with Crippen LogP contribution in [0.15, 0.2) is 12.1 Å². The van der Waals surface area contributed by atoms with Gasteiger partial charge in [0.1, 0.15) is 0 Å². The molecule has 0 saturated heterocycles. The van der Waals surface area contributed by atoms with Gasteiger partial charge >= 0.3 is 11.9 Å². The van der Waals surface area contributed by atoms with E-state index >= 15 is 0 Å². The topological polar surface area (TPSA) is 74.6 Å². The minimum atomic E-state index is -1.17. The van der Waals surface area contributed by atoms with E-state index in [9.17, 15) is 19.8 Å². The quantitative estimate of drug-likeness (QED) is 0.491. The molecule has 0 fully saturated rings. The Morgan fingerprint density at radius 1 is 0.808 bits per heavy atom. The molecule has 4 nitrogen and oxygen atoms in total. The van der Waals surface area contributed by atoms with Gasteiger partial charge in [0.25, 0.3) is 0 Å². The minimum absolute atomic E-state index is 0.00879. The highest BCUT2D eigenvalue weighted by Crippen LogP contribution is 2.27. The number of carboxylic acid groups (broad SMARTS) is 2. The van der Waals surface area contributed by atoms with Gasteiger partial charge in [0.05, 0.1) is 11.1 Å². The maximum Gasteiger partial charge on any atom is 0.336 e. The van der Waals surface area contributed by atoms with Gasteiger partial charge in [0, 0.05) is 0 Å². The maximum absolute atomic E-state index is 11.9. The molecule has 0 unspecified atom stereocenters. The molecule has 0 aliphatic heterocycles. The van der Waals surface area contributed by atoms with Crippen molar-refractivity contribution in [2.45, 2.75) is 79.1 Å². The van der Waals surface area contributed by atoms with Gasteiger partial charge in [-0.15, -0.1) is 0 Å². The lowest BCUT2D eigenvalue weighted by atomic mass is 9.85. The van der Waals surface area contributed by atoms with Gasteiger partial charge < -0.3 is 10.2 Å². The van der Waals surface area contributed by atoms with E-state index in [1.807, 2.05) is 6.07 Å². The van der Waals surface area contributed by atoms with Crippen molar-refractivity contribution in [2.75, 3.05) is 0 Å². The molecule has 1 aromatic rings. The largest absolute Gasteiger partial charge is 0.478 e. The first-order chi connectivity index (χ1) is 12.4. The van der Waals surface area contributed by atoms with E-state index in [2.05, 4.69) is 27.7 Å². The lowest BCUT2D eigenvalue weighted by Crippen LogP contribution is -2.15. The fourth-order valence-electron chi connectivity index (χ4n) is 3.74. The predicted octanol–water partition coefficient (Wildman–Crippen LogP) is 5.82. The first-order valence-electron chi connectivity index (χ1n) is 10.0. The predicted molar refractivity (Wildman–Crippen MR) is 105 cm³/mol. The smallest absolute Gasteiger partial charge is 0.336 e. The molecule has 146 valence electrons. The molecule has 0 amide bonds. The summed E-state index contributed by atoms with van der Waals surface area (Å²) in [5.41, 5.74) is 1.63. The molecule has 0 atom stereocenters. The van der Waals surface area contributed by atoms with Crippen LogP contribution in [-0.4, -0.2) is 22.2 Å². The number of hydrogen-bond acceptors (Lipinski definition) is 2. The van der Waals surface area contributed by atoms with Crippen LogP contribution in [0.4, 0.5) is 0 Å². The molecule has 1 rings (SSSR count). The summed E-state index contributed by atoms with van der Waals surface area (Å²) in [5.74, 6) is -1.14. The summed E-state index contributed by atoms with van der Waals surface area (Å²) < 4.78 is 0. The van der Waals surface area contributed by atoms with Crippen molar-refractivity contribution in [1.82, 2.24) is 0 Å². The molecule has 0 spiro atoms. The van der Waals surface area contributed by atoms with Gasteiger partial charge in [-0.25, -0.2) is 9.59 Å². The van der Waals surface area contributed by atoms with Crippen LogP contribution in [0.2, 0.25) is 0 Å². The summed E-state index contributed by atoms with van der Waals surface area (Å²) in [4.78, 5) is 23.4. The summed E-state index contributed by atoms with van der Waals surface area (Å²) in [7, 11) is 0. The molecule has 0 heterocycles. The van der Waals surface area contributed by atoms with Crippen LogP contribution in [0.25, 0.3) is 0 Å². The van der Waals surface area contributed by atoms with Crippen molar-refractivity contribution < 1.29 is 19.8 Å². The Hall–Kier alpha value is -1.84. The molecular weight excluding hydrogens is 328 g/mol. The van der Waals surface area contributed by atoms with Crippen LogP contribution >= 0.6 is 0 Å². The monoisotopic (exact) mass is 362 g/mol. The third-order valence-corrected chi connectivity index (χ3v) is 5.79. The Morgan fingerprint density at radius 3 is 1.73 bits per heavy atom. The van der Waals surface area contributed by atoms with Gasteiger partial charge in [0.15, 0.2) is 0 Å². The summed E-state index contributed by atoms with van der Waals surface area (Å²) in [6.45, 7) is 8.65. The van der Waals surface area contributed by atoms with Gasteiger partial charge in [-0.2, -0.15) is 0 Å². The normalized spacial score (nSPS) is 11.3. The summed E-state index contributed by atoms with van der Waals surface area (Å²) in [6.07, 6.45) is 7.68. The van der Waals surface area contributed by atoms with E-state index < -0.39 is 11.9 Å². The van der Waals surface area contributed by atoms with Crippen LogP contribution in [-0.2, 0) is 12.8 Å². The number of carboxylic acids is 2. The Bertz CT molecular complexity index is 598. The summed E-state index contributed by atoms with van der Waals surface area (Å²) in [6, 6.07) is 3.30. The Balaban J connectivity index is 3.27. The molecule has 4 heteroatoms. The van der Waals surface area contributed by atoms with E-state index in [1.54, 1.807) is 0 Å². The minimum Gasteiger partial charge on any atom is -0.478 e. The van der Waals surface area contributed by atoms with Crippen molar-refractivity contribution in [2.24, 2.45) is 11.8 Å². The van der Waals surface area contributed by atoms with Crippen molar-refractivity contribution >= 4 is 11.9 Å². The Kier molecular flexibility index (Phi) is 9.39. The SMILES string of the molecule is CCC(CC)CCc1ccc(C(=O)O)c(C(=O)O)c1CCC(CC)CC. The second kappa shape index (κ2) is 11.0. The molecule has 1 aromatic carbocycles. The zero-order chi connectivity index (χ0) is 19.7. The molecule has 26 heavy (non-hydrogen) atoms. The van der Waals surface area contributed by atoms with Gasteiger partial charge in [-0.05, 0) is 54.7 Å². The lowest BCUT2D eigenvalue weighted by molar-refractivity contribution is 0.0650. The molecular formula is C22H34O4. The zero-order valence-electron chi connectivity index (χ0n) is 16.7. The molecule has 0 bridgehead atoms. The molecule has 0 aromatic heterocycles. The Morgan fingerprint density at radius 2 is 1.31 bits per heavy atom. The second-order valence-corrected chi connectivity index (χ2v) is 7.18. The van der Waals surface area contributed by atoms with Crippen LogP contribution < -0.4 is 0 Å². The van der Waals surface area contributed by atoms with E-state index in [0.717, 1.165) is 56.1 Å². The number of aryl methyl sites for hydroxylation is 1. The van der Waals surface area contributed by atoms with Gasteiger partial charge in [0.2, 0.25) is 0 Å². The standard InChI is InChI=1S/C22H34O4/c1-5-15(6-2)9-11-17-12-14-19(21(23)24)20(22(25)26)18(17)13-10-16(7-3)8-4/h12,14-16H,5-11,13H2,1-4H3,(H,23,24)(H,25,26). The summed E-state index contributed by atoms with van der Waals surface area (Å²) >= 11 is 0. The van der Waals surface area contributed by atoms with Crippen LogP contribution in [0.3, 0.4) is 0 Å². The van der Waals surface area contributed by atoms with Crippen LogP contribution in [0.1, 0.15) is 98.1 Å². The van der Waals surface area contributed by atoms with Crippen LogP contribution in [0, 0.1) is 11.8 Å². The number of benzene rings is 1. The lowest BCUT2D eigenvalue weighted by Gasteiger charge is -2.19. The average Bonchev–Trinajstić information content (AvgIpc) is 2.63. The molecule has 0 saturated carbocycles. The third kappa shape index (κ3) is 5.86. The van der Waals surface area contributed by atoms with E-state index in [4.69, 9.17) is 0 Å². The van der Waals surface area contributed by atoms with E-state index in [-0.39, 0.29) is 11.1 Å². The fourth-order valence-corrected chi connectivity index (χ4v) is 3.74. The third-order valence-electron chi connectivity index (χ3n) is 5.79. The number of carbonyl (C=O) groups is 2. The van der Waals surface area contributed by atoms with Crippen molar-refractivity contribution in [1.29, 1.82) is 0 Å². The maximum atomic E-state index is 11.9. The number of rotatable bonds is 12. The molecule has 0 aliphatic rings. The highest BCUT2D eigenvalue weighted by molar-refractivity contribution is 6.03. The van der Waals surface area contributed by atoms with E-state index in [1.165, 1.54) is 6.07 Å². The highest BCUT2D eigenvalue weighted by Gasteiger charge is 2.23. The second-order valence-electron chi connectivity index (χ2n) is 7.18. The van der Waals surface area contributed by atoms with Crippen molar-refractivity contribution in [3.63, 3.8) is 0 Å². The molecule has 0 aliphatic carbocycles. The zero-order valence-corrected chi connectivity index (χ0v) is 16.7. The molecule has 0 radical (unpaired) electrons. The first kappa shape index (κ1) is 22.2. The van der Waals surface area contributed by atoms with Crippen molar-refractivity contribution in [3.05, 3.63) is 34.4 Å². The number of aromatic carboxylic acids is 2.